The molecule has 5 heteroatoms. The number of para-hydroxylation sites is 1. The van der Waals surface area contributed by atoms with E-state index in [1.54, 1.807) is 49.4 Å². The second kappa shape index (κ2) is 7.45. The van der Waals surface area contributed by atoms with Crippen molar-refractivity contribution in [3.05, 3.63) is 66.2 Å². The van der Waals surface area contributed by atoms with Crippen LogP contribution in [0.4, 0.5) is 5.69 Å². The van der Waals surface area contributed by atoms with Crippen LogP contribution in [-0.4, -0.2) is 26.6 Å². The smallest absolute Gasteiger partial charge is 0.258 e. The number of carbonyl (C=O) groups is 1. The molecular formula is C19H21NO3S. The molecule has 0 bridgehead atoms. The number of hydrogen-bond acceptors (Lipinski definition) is 3. The minimum absolute atomic E-state index is 0.0101. The number of anilines is 1. The average molecular weight is 343 g/mol. The molecule has 0 aliphatic carbocycles. The molecule has 2 aromatic rings. The first-order valence-corrected chi connectivity index (χ1v) is 9.46. The fraction of sp³-hybridized carbons (Fsp3) is 0.211. The van der Waals surface area contributed by atoms with E-state index in [1.165, 1.54) is 4.90 Å². The van der Waals surface area contributed by atoms with Gasteiger partial charge in [-0.2, -0.15) is 0 Å². The second-order valence-corrected chi connectivity index (χ2v) is 7.49. The van der Waals surface area contributed by atoms with Gasteiger partial charge >= 0.3 is 0 Å². The van der Waals surface area contributed by atoms with Crippen LogP contribution >= 0.6 is 0 Å². The molecule has 0 heterocycles. The van der Waals surface area contributed by atoms with Crippen molar-refractivity contribution in [1.29, 1.82) is 0 Å². The molecule has 0 N–H and O–H groups in total. The first-order valence-electron chi connectivity index (χ1n) is 7.80. The van der Waals surface area contributed by atoms with Crippen molar-refractivity contribution in [2.75, 3.05) is 17.2 Å². The molecule has 0 aliphatic rings. The lowest BCUT2D eigenvalue weighted by Crippen LogP contribution is -2.32. The molecule has 0 radical (unpaired) electrons. The third-order valence-corrected chi connectivity index (χ3v) is 5.60. The van der Waals surface area contributed by atoms with Gasteiger partial charge in [0.25, 0.3) is 5.91 Å². The first-order chi connectivity index (χ1) is 11.4. The van der Waals surface area contributed by atoms with Gasteiger partial charge in [0.15, 0.2) is 9.84 Å². The zero-order valence-electron chi connectivity index (χ0n) is 13.9. The average Bonchev–Trinajstić information content (AvgIpc) is 2.62. The molecule has 0 aromatic heterocycles. The summed E-state index contributed by atoms with van der Waals surface area (Å²) < 4.78 is 24.7. The number of hydrogen-bond donors (Lipinski definition) is 0. The van der Waals surface area contributed by atoms with Crippen LogP contribution in [0, 0.1) is 0 Å². The molecule has 2 rings (SSSR count). The molecule has 1 amide bonds. The van der Waals surface area contributed by atoms with Crippen LogP contribution in [0.3, 0.4) is 0 Å². The SMILES string of the molecule is C=Cc1ccc(C(=O)N(CC)c2ccccc2S(=O)(=O)CC)cc1. The van der Waals surface area contributed by atoms with Crippen LogP contribution < -0.4 is 4.90 Å². The highest BCUT2D eigenvalue weighted by molar-refractivity contribution is 7.91. The van der Waals surface area contributed by atoms with Gasteiger partial charge in [0.05, 0.1) is 16.3 Å². The van der Waals surface area contributed by atoms with Crippen molar-refractivity contribution in [1.82, 2.24) is 0 Å². The van der Waals surface area contributed by atoms with Crippen LogP contribution in [0.25, 0.3) is 6.08 Å². The Morgan fingerprint density at radius 1 is 1.08 bits per heavy atom. The van der Waals surface area contributed by atoms with Crippen molar-refractivity contribution in [3.8, 4) is 0 Å². The Labute approximate surface area is 143 Å². The topological polar surface area (TPSA) is 54.5 Å². The third-order valence-electron chi connectivity index (χ3n) is 3.83. The molecule has 2 aromatic carbocycles. The summed E-state index contributed by atoms with van der Waals surface area (Å²) in [5, 5.41) is 0. The van der Waals surface area contributed by atoms with Crippen LogP contribution in [0.15, 0.2) is 60.0 Å². The molecule has 0 saturated carbocycles. The number of amides is 1. The number of carbonyl (C=O) groups excluding carboxylic acids is 1. The van der Waals surface area contributed by atoms with Gasteiger partial charge < -0.3 is 4.90 Å². The lowest BCUT2D eigenvalue weighted by atomic mass is 10.1. The van der Waals surface area contributed by atoms with E-state index in [2.05, 4.69) is 6.58 Å². The van der Waals surface area contributed by atoms with E-state index in [0.29, 0.717) is 17.8 Å². The normalized spacial score (nSPS) is 11.1. The van der Waals surface area contributed by atoms with Crippen molar-refractivity contribution >= 4 is 27.5 Å². The molecule has 0 saturated heterocycles. The Morgan fingerprint density at radius 3 is 2.25 bits per heavy atom. The highest BCUT2D eigenvalue weighted by Gasteiger charge is 2.23. The summed E-state index contributed by atoms with van der Waals surface area (Å²) in [6, 6.07) is 13.7. The van der Waals surface area contributed by atoms with Gasteiger partial charge in [0.2, 0.25) is 0 Å². The molecule has 126 valence electrons. The summed E-state index contributed by atoms with van der Waals surface area (Å²) in [7, 11) is -3.42. The highest BCUT2D eigenvalue weighted by Crippen LogP contribution is 2.27. The monoisotopic (exact) mass is 343 g/mol. The summed E-state index contributed by atoms with van der Waals surface area (Å²) in [6.07, 6.45) is 1.70. The lowest BCUT2D eigenvalue weighted by molar-refractivity contribution is 0.0988. The minimum Gasteiger partial charge on any atom is -0.307 e. The van der Waals surface area contributed by atoms with Crippen LogP contribution in [0.1, 0.15) is 29.8 Å². The summed E-state index contributed by atoms with van der Waals surface area (Å²) in [5.41, 5.74) is 1.84. The van der Waals surface area contributed by atoms with E-state index in [4.69, 9.17) is 0 Å². The third kappa shape index (κ3) is 3.57. The Hall–Kier alpha value is -2.40. The Kier molecular flexibility index (Phi) is 5.57. The van der Waals surface area contributed by atoms with Crippen LogP contribution in [-0.2, 0) is 9.84 Å². The van der Waals surface area contributed by atoms with Gasteiger partial charge in [-0.05, 0) is 36.8 Å². The molecule has 0 fully saturated rings. The molecule has 0 unspecified atom stereocenters. The van der Waals surface area contributed by atoms with E-state index in [-0.39, 0.29) is 16.6 Å². The number of rotatable bonds is 6. The highest BCUT2D eigenvalue weighted by atomic mass is 32.2. The van der Waals surface area contributed by atoms with Crippen molar-refractivity contribution in [2.24, 2.45) is 0 Å². The predicted molar refractivity (Wildman–Crippen MR) is 98.1 cm³/mol. The summed E-state index contributed by atoms with van der Waals surface area (Å²) in [5.74, 6) is -0.240. The van der Waals surface area contributed by atoms with E-state index >= 15 is 0 Å². The van der Waals surface area contributed by atoms with E-state index in [1.807, 2.05) is 19.1 Å². The molecule has 0 aliphatic heterocycles. The van der Waals surface area contributed by atoms with E-state index in [9.17, 15) is 13.2 Å². The minimum atomic E-state index is -3.42. The zero-order valence-corrected chi connectivity index (χ0v) is 14.7. The van der Waals surface area contributed by atoms with Gasteiger partial charge in [-0.25, -0.2) is 8.42 Å². The summed E-state index contributed by atoms with van der Waals surface area (Å²) in [6.45, 7) is 7.48. The Morgan fingerprint density at radius 2 is 1.71 bits per heavy atom. The van der Waals surface area contributed by atoms with Crippen molar-refractivity contribution in [3.63, 3.8) is 0 Å². The summed E-state index contributed by atoms with van der Waals surface area (Å²) in [4.78, 5) is 14.5. The van der Waals surface area contributed by atoms with Crippen molar-refractivity contribution < 1.29 is 13.2 Å². The maximum atomic E-state index is 12.8. The number of nitrogens with zero attached hydrogens (tertiary/aromatic N) is 1. The number of benzene rings is 2. The van der Waals surface area contributed by atoms with Crippen molar-refractivity contribution in [2.45, 2.75) is 18.7 Å². The van der Waals surface area contributed by atoms with Gasteiger partial charge in [-0.1, -0.05) is 43.8 Å². The fourth-order valence-corrected chi connectivity index (χ4v) is 3.53. The molecular weight excluding hydrogens is 322 g/mol. The maximum absolute atomic E-state index is 12.8. The molecule has 24 heavy (non-hydrogen) atoms. The largest absolute Gasteiger partial charge is 0.307 e. The Balaban J connectivity index is 2.48. The fourth-order valence-electron chi connectivity index (χ4n) is 2.44. The lowest BCUT2D eigenvalue weighted by Gasteiger charge is -2.23. The summed E-state index contributed by atoms with van der Waals surface area (Å²) >= 11 is 0. The van der Waals surface area contributed by atoms with E-state index in [0.717, 1.165) is 5.56 Å². The molecule has 0 spiro atoms. The Bertz CT molecular complexity index is 839. The second-order valence-electron chi connectivity index (χ2n) is 5.25. The molecule has 4 nitrogen and oxygen atoms in total. The van der Waals surface area contributed by atoms with Gasteiger partial charge in [0, 0.05) is 12.1 Å². The molecule has 0 atom stereocenters. The van der Waals surface area contributed by atoms with E-state index < -0.39 is 9.84 Å². The van der Waals surface area contributed by atoms with Crippen LogP contribution in [0.5, 0.6) is 0 Å². The van der Waals surface area contributed by atoms with Crippen LogP contribution in [0.2, 0.25) is 0 Å². The predicted octanol–water partition coefficient (Wildman–Crippen LogP) is 3.79. The maximum Gasteiger partial charge on any atom is 0.258 e. The standard InChI is InChI=1S/C19H21NO3S/c1-4-15-11-13-16(14-12-15)19(21)20(5-2)17-9-7-8-10-18(17)24(22,23)6-3/h4,7-14H,1,5-6H2,2-3H3. The first kappa shape index (κ1) is 17.9. The van der Waals surface area contributed by atoms with Gasteiger partial charge in [0.1, 0.15) is 0 Å². The van der Waals surface area contributed by atoms with Gasteiger partial charge in [-0.3, -0.25) is 4.79 Å². The number of sulfone groups is 1. The quantitative estimate of drug-likeness (QED) is 0.802. The van der Waals surface area contributed by atoms with Gasteiger partial charge in [-0.15, -0.1) is 0 Å². The zero-order chi connectivity index (χ0) is 17.7.